The molecule has 0 amide bonds. The lowest BCUT2D eigenvalue weighted by atomic mass is 9.98. The number of hydrogen-bond donors (Lipinski definition) is 0. The van der Waals surface area contributed by atoms with Crippen LogP contribution in [0.15, 0.2) is 48.5 Å². The second-order valence-corrected chi connectivity index (χ2v) is 4.98. The summed E-state index contributed by atoms with van der Waals surface area (Å²) >= 11 is 0. The zero-order valence-electron chi connectivity index (χ0n) is 13.0. The average molecular weight is 300 g/mol. The molecule has 2 aromatic rings. The first-order chi connectivity index (χ1) is 10.6. The van der Waals surface area contributed by atoms with Gasteiger partial charge in [-0.3, -0.25) is 4.79 Å². The van der Waals surface area contributed by atoms with Crippen molar-refractivity contribution in [3.8, 4) is 11.5 Å². The van der Waals surface area contributed by atoms with Crippen LogP contribution in [0.25, 0.3) is 0 Å². The fourth-order valence-electron chi connectivity index (χ4n) is 2.20. The Hall–Kier alpha value is -2.49. The van der Waals surface area contributed by atoms with E-state index in [9.17, 15) is 4.79 Å². The van der Waals surface area contributed by atoms with Crippen molar-refractivity contribution >= 4 is 5.97 Å². The summed E-state index contributed by atoms with van der Waals surface area (Å²) in [4.78, 5) is 12.0. The third kappa shape index (κ3) is 4.01. The van der Waals surface area contributed by atoms with Crippen LogP contribution < -0.4 is 9.47 Å². The lowest BCUT2D eigenvalue weighted by Crippen LogP contribution is -2.21. The molecule has 2 rings (SSSR count). The molecule has 4 nitrogen and oxygen atoms in total. The Morgan fingerprint density at radius 3 is 2.45 bits per heavy atom. The van der Waals surface area contributed by atoms with E-state index in [2.05, 4.69) is 0 Å². The molecule has 0 aliphatic carbocycles. The highest BCUT2D eigenvalue weighted by atomic mass is 16.5. The second kappa shape index (κ2) is 7.50. The zero-order chi connectivity index (χ0) is 15.9. The summed E-state index contributed by atoms with van der Waals surface area (Å²) in [5.74, 6) is 0.591. The fraction of sp³-hybridized carbons (Fsp3) is 0.278. The van der Waals surface area contributed by atoms with Gasteiger partial charge in [-0.2, -0.15) is 0 Å². The van der Waals surface area contributed by atoms with Crippen LogP contribution in [0.1, 0.15) is 17.0 Å². The molecule has 0 aliphatic rings. The molecule has 2 aromatic carbocycles. The van der Waals surface area contributed by atoms with Crippen LogP contribution in [-0.4, -0.2) is 26.8 Å². The van der Waals surface area contributed by atoms with Crippen molar-refractivity contribution in [2.45, 2.75) is 12.8 Å². The smallest absolute Gasteiger partial charge is 0.316 e. The van der Waals surface area contributed by atoms with E-state index in [1.54, 1.807) is 13.2 Å². The SMILES string of the molecule is COC(=O)C(COc1cccc(OC)c1)c1cccc(C)c1. The Bertz CT molecular complexity index is 636. The lowest BCUT2D eigenvalue weighted by Gasteiger charge is -2.17. The maximum Gasteiger partial charge on any atom is 0.316 e. The third-order valence-corrected chi connectivity index (χ3v) is 3.39. The molecular weight excluding hydrogens is 280 g/mol. The molecule has 0 aromatic heterocycles. The van der Waals surface area contributed by atoms with Crippen LogP contribution in [0.5, 0.6) is 11.5 Å². The van der Waals surface area contributed by atoms with Gasteiger partial charge >= 0.3 is 5.97 Å². The molecule has 0 aliphatic heterocycles. The van der Waals surface area contributed by atoms with Crippen LogP contribution in [0, 0.1) is 6.92 Å². The Balaban J connectivity index is 2.15. The van der Waals surface area contributed by atoms with Gasteiger partial charge < -0.3 is 14.2 Å². The van der Waals surface area contributed by atoms with Crippen LogP contribution in [0.3, 0.4) is 0 Å². The average Bonchev–Trinajstić information content (AvgIpc) is 2.55. The van der Waals surface area contributed by atoms with Gasteiger partial charge in [0.25, 0.3) is 0 Å². The van der Waals surface area contributed by atoms with Crippen molar-refractivity contribution in [3.63, 3.8) is 0 Å². The molecule has 0 bridgehead atoms. The van der Waals surface area contributed by atoms with Gasteiger partial charge in [-0.05, 0) is 24.6 Å². The van der Waals surface area contributed by atoms with E-state index in [0.29, 0.717) is 11.5 Å². The lowest BCUT2D eigenvalue weighted by molar-refractivity contribution is -0.143. The van der Waals surface area contributed by atoms with E-state index in [0.717, 1.165) is 11.1 Å². The van der Waals surface area contributed by atoms with Crippen LogP contribution in [0.2, 0.25) is 0 Å². The third-order valence-electron chi connectivity index (χ3n) is 3.39. The van der Waals surface area contributed by atoms with Crippen molar-refractivity contribution in [3.05, 3.63) is 59.7 Å². The summed E-state index contributed by atoms with van der Waals surface area (Å²) < 4.78 is 15.8. The molecule has 0 radical (unpaired) electrons. The maximum absolute atomic E-state index is 12.0. The van der Waals surface area contributed by atoms with Crippen molar-refractivity contribution in [1.82, 2.24) is 0 Å². The molecule has 4 heteroatoms. The quantitative estimate of drug-likeness (QED) is 0.768. The molecule has 0 saturated heterocycles. The van der Waals surface area contributed by atoms with E-state index in [1.807, 2.05) is 49.4 Å². The summed E-state index contributed by atoms with van der Waals surface area (Å²) in [6.45, 7) is 2.20. The number of ether oxygens (including phenoxy) is 3. The zero-order valence-corrected chi connectivity index (χ0v) is 13.0. The first kappa shape index (κ1) is 15.9. The molecular formula is C18H20O4. The number of esters is 1. The number of benzene rings is 2. The van der Waals surface area contributed by atoms with Crippen LogP contribution in [-0.2, 0) is 9.53 Å². The highest BCUT2D eigenvalue weighted by molar-refractivity contribution is 5.78. The summed E-state index contributed by atoms with van der Waals surface area (Å²) in [7, 11) is 2.99. The molecule has 0 saturated carbocycles. The summed E-state index contributed by atoms with van der Waals surface area (Å²) in [5.41, 5.74) is 1.97. The van der Waals surface area contributed by atoms with E-state index >= 15 is 0 Å². The van der Waals surface area contributed by atoms with E-state index in [4.69, 9.17) is 14.2 Å². The molecule has 116 valence electrons. The van der Waals surface area contributed by atoms with Gasteiger partial charge in [0.15, 0.2) is 0 Å². The number of hydrogen-bond acceptors (Lipinski definition) is 4. The first-order valence-electron chi connectivity index (χ1n) is 7.05. The van der Waals surface area contributed by atoms with Crippen molar-refractivity contribution in [1.29, 1.82) is 0 Å². The minimum atomic E-state index is -0.462. The van der Waals surface area contributed by atoms with Gasteiger partial charge in [-0.1, -0.05) is 35.9 Å². The molecule has 1 unspecified atom stereocenters. The standard InChI is InChI=1S/C18H20O4/c1-13-6-4-7-14(10-13)17(18(19)21-3)12-22-16-9-5-8-15(11-16)20-2/h4-11,17H,12H2,1-3H3. The van der Waals surface area contributed by atoms with Crippen molar-refractivity contribution in [2.75, 3.05) is 20.8 Å². The van der Waals surface area contributed by atoms with E-state index in [1.165, 1.54) is 7.11 Å². The Morgan fingerprint density at radius 1 is 1.05 bits per heavy atom. The second-order valence-electron chi connectivity index (χ2n) is 4.98. The predicted octanol–water partition coefficient (Wildman–Crippen LogP) is 3.34. The number of carbonyl (C=O) groups excluding carboxylic acids is 1. The van der Waals surface area contributed by atoms with Gasteiger partial charge in [0.1, 0.15) is 24.0 Å². The molecule has 0 heterocycles. The number of aryl methyl sites for hydroxylation is 1. The molecule has 1 atom stereocenters. The Morgan fingerprint density at radius 2 is 1.77 bits per heavy atom. The van der Waals surface area contributed by atoms with Gasteiger partial charge in [0.05, 0.1) is 14.2 Å². The topological polar surface area (TPSA) is 44.8 Å². The molecule has 0 spiro atoms. The van der Waals surface area contributed by atoms with Gasteiger partial charge in [-0.25, -0.2) is 0 Å². The largest absolute Gasteiger partial charge is 0.497 e. The number of rotatable bonds is 6. The maximum atomic E-state index is 12.0. The Labute approximate surface area is 130 Å². The number of carbonyl (C=O) groups is 1. The van der Waals surface area contributed by atoms with Crippen molar-refractivity contribution < 1.29 is 19.0 Å². The Kier molecular flexibility index (Phi) is 5.42. The van der Waals surface area contributed by atoms with E-state index in [-0.39, 0.29) is 12.6 Å². The van der Waals surface area contributed by atoms with Crippen LogP contribution >= 0.6 is 0 Å². The fourth-order valence-corrected chi connectivity index (χ4v) is 2.20. The minimum Gasteiger partial charge on any atom is -0.497 e. The molecule has 22 heavy (non-hydrogen) atoms. The summed E-state index contributed by atoms with van der Waals surface area (Å²) in [5, 5.41) is 0. The summed E-state index contributed by atoms with van der Waals surface area (Å²) in [6, 6.07) is 15.1. The highest BCUT2D eigenvalue weighted by Gasteiger charge is 2.22. The van der Waals surface area contributed by atoms with Crippen LogP contribution in [0.4, 0.5) is 0 Å². The predicted molar refractivity (Wildman–Crippen MR) is 84.4 cm³/mol. The minimum absolute atomic E-state index is 0.212. The van der Waals surface area contributed by atoms with E-state index < -0.39 is 5.92 Å². The van der Waals surface area contributed by atoms with Crippen molar-refractivity contribution in [2.24, 2.45) is 0 Å². The van der Waals surface area contributed by atoms with Gasteiger partial charge in [0.2, 0.25) is 0 Å². The van der Waals surface area contributed by atoms with Gasteiger partial charge in [-0.15, -0.1) is 0 Å². The normalized spacial score (nSPS) is 11.6. The van der Waals surface area contributed by atoms with Gasteiger partial charge in [0, 0.05) is 6.07 Å². The monoisotopic (exact) mass is 300 g/mol. The highest BCUT2D eigenvalue weighted by Crippen LogP contribution is 2.23. The first-order valence-corrected chi connectivity index (χ1v) is 7.05. The summed E-state index contributed by atoms with van der Waals surface area (Å²) in [6.07, 6.45) is 0. The number of methoxy groups -OCH3 is 2. The molecule has 0 fully saturated rings. The molecule has 0 N–H and O–H groups in total.